The lowest BCUT2D eigenvalue weighted by Gasteiger charge is -2.17. The van der Waals surface area contributed by atoms with Crippen molar-refractivity contribution in [2.45, 2.75) is 38.3 Å². The molecule has 21 heavy (non-hydrogen) atoms. The lowest BCUT2D eigenvalue weighted by Crippen LogP contribution is -2.32. The number of ether oxygens (including phenoxy) is 2. The third kappa shape index (κ3) is 3.41. The Kier molecular flexibility index (Phi) is 4.96. The second kappa shape index (κ2) is 6.54. The fourth-order valence-electron chi connectivity index (χ4n) is 2.85. The topological polar surface area (TPSA) is 73.6 Å². The first-order chi connectivity index (χ1) is 9.63. The first-order valence-electron chi connectivity index (χ1n) is 7.09. The second-order valence-corrected chi connectivity index (χ2v) is 5.61. The van der Waals surface area contributed by atoms with Crippen LogP contribution in [0.5, 0.6) is 11.5 Å². The van der Waals surface area contributed by atoms with E-state index in [1.807, 2.05) is 25.1 Å². The van der Waals surface area contributed by atoms with Gasteiger partial charge in [0, 0.05) is 12.0 Å². The van der Waals surface area contributed by atoms with Crippen LogP contribution in [-0.4, -0.2) is 18.7 Å². The maximum absolute atomic E-state index is 12.2. The van der Waals surface area contributed by atoms with Crippen molar-refractivity contribution in [1.29, 1.82) is 0 Å². The molecule has 0 bridgehead atoms. The lowest BCUT2D eigenvalue weighted by atomic mass is 10.0. The Bertz CT molecular complexity index is 524. The van der Waals surface area contributed by atoms with Gasteiger partial charge < -0.3 is 20.5 Å². The second-order valence-electron chi connectivity index (χ2n) is 5.61. The van der Waals surface area contributed by atoms with Gasteiger partial charge in [-0.1, -0.05) is 6.07 Å². The first-order valence-corrected chi connectivity index (χ1v) is 7.09. The zero-order valence-corrected chi connectivity index (χ0v) is 12.8. The van der Waals surface area contributed by atoms with E-state index < -0.39 is 0 Å². The molecule has 1 aliphatic heterocycles. The minimum atomic E-state index is -0.0474. The number of benzene rings is 1. The van der Waals surface area contributed by atoms with Gasteiger partial charge in [0.2, 0.25) is 12.7 Å². The Labute approximate surface area is 130 Å². The maximum atomic E-state index is 12.2. The van der Waals surface area contributed by atoms with Crippen molar-refractivity contribution < 1.29 is 14.3 Å². The number of hydrogen-bond donors (Lipinski definition) is 2. The third-order valence-electron chi connectivity index (χ3n) is 4.10. The zero-order valence-electron chi connectivity index (χ0n) is 12.0. The molecule has 1 amide bonds. The van der Waals surface area contributed by atoms with Gasteiger partial charge in [0.1, 0.15) is 0 Å². The highest BCUT2D eigenvalue weighted by Gasteiger charge is 2.28. The number of amides is 1. The van der Waals surface area contributed by atoms with Crippen molar-refractivity contribution in [1.82, 2.24) is 5.32 Å². The van der Waals surface area contributed by atoms with Crippen LogP contribution in [-0.2, 0) is 4.79 Å². The van der Waals surface area contributed by atoms with E-state index in [0.717, 1.165) is 36.3 Å². The van der Waals surface area contributed by atoms with Gasteiger partial charge in [-0.25, -0.2) is 0 Å². The number of carbonyl (C=O) groups excluding carboxylic acids is 1. The van der Waals surface area contributed by atoms with Crippen LogP contribution >= 0.6 is 12.4 Å². The van der Waals surface area contributed by atoms with Crippen molar-refractivity contribution in [3.8, 4) is 11.5 Å². The molecule has 1 saturated carbocycles. The number of fused-ring (bicyclic) bond motifs is 1. The summed E-state index contributed by atoms with van der Waals surface area (Å²) in [7, 11) is 0. The summed E-state index contributed by atoms with van der Waals surface area (Å²) < 4.78 is 10.6. The summed E-state index contributed by atoms with van der Waals surface area (Å²) in [4.78, 5) is 12.2. The van der Waals surface area contributed by atoms with Gasteiger partial charge in [-0.2, -0.15) is 0 Å². The molecule has 5 nitrogen and oxygen atoms in total. The summed E-state index contributed by atoms with van der Waals surface area (Å²) in [5, 5.41) is 3.06. The highest BCUT2D eigenvalue weighted by atomic mass is 35.5. The number of nitrogens with two attached hydrogens (primary N) is 1. The summed E-state index contributed by atoms with van der Waals surface area (Å²) in [6.07, 6.45) is 2.62. The number of halogens is 1. The van der Waals surface area contributed by atoms with Crippen LogP contribution in [0, 0.1) is 5.92 Å². The number of carbonyl (C=O) groups is 1. The normalized spacial score (nSPS) is 24.3. The average molecular weight is 313 g/mol. The molecule has 1 aliphatic carbocycles. The molecular weight excluding hydrogens is 292 g/mol. The van der Waals surface area contributed by atoms with Gasteiger partial charge in [0.05, 0.1) is 6.04 Å². The van der Waals surface area contributed by atoms with E-state index in [1.165, 1.54) is 0 Å². The molecule has 0 aromatic heterocycles. The molecule has 3 rings (SSSR count). The number of nitrogens with one attached hydrogen (secondary N) is 1. The molecule has 1 aromatic rings. The molecule has 1 heterocycles. The molecule has 3 N–H and O–H groups in total. The highest BCUT2D eigenvalue weighted by Crippen LogP contribution is 2.34. The van der Waals surface area contributed by atoms with Gasteiger partial charge in [-0.15, -0.1) is 12.4 Å². The van der Waals surface area contributed by atoms with Crippen molar-refractivity contribution in [2.75, 3.05) is 6.79 Å². The van der Waals surface area contributed by atoms with Gasteiger partial charge >= 0.3 is 0 Å². The molecule has 0 spiro atoms. The monoisotopic (exact) mass is 312 g/mol. The third-order valence-corrected chi connectivity index (χ3v) is 4.10. The number of rotatable bonds is 3. The van der Waals surface area contributed by atoms with Crippen LogP contribution in [0.4, 0.5) is 0 Å². The molecular formula is C15H21ClN2O3. The van der Waals surface area contributed by atoms with E-state index in [1.54, 1.807) is 0 Å². The van der Waals surface area contributed by atoms with Gasteiger partial charge in [-0.05, 0) is 43.9 Å². The van der Waals surface area contributed by atoms with Crippen molar-refractivity contribution in [3.63, 3.8) is 0 Å². The van der Waals surface area contributed by atoms with E-state index in [2.05, 4.69) is 5.32 Å². The maximum Gasteiger partial charge on any atom is 0.231 e. The summed E-state index contributed by atoms with van der Waals surface area (Å²) in [6, 6.07) is 5.89. The van der Waals surface area contributed by atoms with Crippen LogP contribution in [0.1, 0.15) is 37.8 Å². The SMILES string of the molecule is CC(NC(=O)C1CCC(N)C1)c1ccc2c(c1)OCO2.Cl. The number of hydrogen-bond acceptors (Lipinski definition) is 4. The Morgan fingerprint density at radius 1 is 1.33 bits per heavy atom. The van der Waals surface area contributed by atoms with E-state index in [4.69, 9.17) is 15.2 Å². The summed E-state index contributed by atoms with van der Waals surface area (Å²) >= 11 is 0. The molecule has 0 radical (unpaired) electrons. The molecule has 3 unspecified atom stereocenters. The Hall–Kier alpha value is -1.46. The molecule has 3 atom stereocenters. The predicted molar refractivity (Wildman–Crippen MR) is 81.7 cm³/mol. The van der Waals surface area contributed by atoms with Gasteiger partial charge in [-0.3, -0.25) is 4.79 Å². The van der Waals surface area contributed by atoms with Crippen LogP contribution in [0.15, 0.2) is 18.2 Å². The quantitative estimate of drug-likeness (QED) is 0.897. The zero-order chi connectivity index (χ0) is 14.1. The van der Waals surface area contributed by atoms with Gasteiger partial charge in [0.15, 0.2) is 11.5 Å². The average Bonchev–Trinajstić information content (AvgIpc) is 3.05. The highest BCUT2D eigenvalue weighted by molar-refractivity contribution is 5.85. The predicted octanol–water partition coefficient (Wildman–Crippen LogP) is 2.14. The van der Waals surface area contributed by atoms with Crippen LogP contribution in [0.25, 0.3) is 0 Å². The Balaban J connectivity index is 0.00000161. The summed E-state index contributed by atoms with van der Waals surface area (Å²) in [5.41, 5.74) is 6.87. The molecule has 116 valence electrons. The van der Waals surface area contributed by atoms with Crippen LogP contribution in [0.3, 0.4) is 0 Å². The Morgan fingerprint density at radius 2 is 2.10 bits per heavy atom. The lowest BCUT2D eigenvalue weighted by molar-refractivity contribution is -0.125. The standard InChI is InChI=1S/C15H20N2O3.ClH/c1-9(17-15(18)11-2-4-12(16)6-11)10-3-5-13-14(7-10)20-8-19-13;/h3,5,7,9,11-12H,2,4,6,8,16H2,1H3,(H,17,18);1H. The van der Waals surface area contributed by atoms with E-state index in [-0.39, 0.29) is 43.1 Å². The molecule has 1 fully saturated rings. The Morgan fingerprint density at radius 3 is 2.81 bits per heavy atom. The summed E-state index contributed by atoms with van der Waals surface area (Å²) in [5.74, 6) is 1.66. The minimum absolute atomic E-state index is 0. The fourth-order valence-corrected chi connectivity index (χ4v) is 2.85. The van der Waals surface area contributed by atoms with Gasteiger partial charge in [0.25, 0.3) is 0 Å². The van der Waals surface area contributed by atoms with Crippen LogP contribution in [0.2, 0.25) is 0 Å². The first kappa shape index (κ1) is 15.9. The van der Waals surface area contributed by atoms with E-state index in [9.17, 15) is 4.79 Å². The largest absolute Gasteiger partial charge is 0.454 e. The van der Waals surface area contributed by atoms with Crippen molar-refractivity contribution >= 4 is 18.3 Å². The van der Waals surface area contributed by atoms with E-state index in [0.29, 0.717) is 0 Å². The molecule has 6 heteroatoms. The summed E-state index contributed by atoms with van der Waals surface area (Å²) in [6.45, 7) is 2.24. The molecule has 1 aromatic carbocycles. The van der Waals surface area contributed by atoms with Crippen LogP contribution < -0.4 is 20.5 Å². The fraction of sp³-hybridized carbons (Fsp3) is 0.533. The van der Waals surface area contributed by atoms with Crippen molar-refractivity contribution in [2.24, 2.45) is 11.7 Å². The van der Waals surface area contributed by atoms with E-state index >= 15 is 0 Å². The minimum Gasteiger partial charge on any atom is -0.454 e. The smallest absolute Gasteiger partial charge is 0.231 e. The van der Waals surface area contributed by atoms with Crippen molar-refractivity contribution in [3.05, 3.63) is 23.8 Å². The molecule has 0 saturated heterocycles. The molecule has 2 aliphatic rings.